The predicted octanol–water partition coefficient (Wildman–Crippen LogP) is 2.83. The molecule has 0 saturated heterocycles. The predicted molar refractivity (Wildman–Crippen MR) is 88.0 cm³/mol. The highest BCUT2D eigenvalue weighted by molar-refractivity contribution is 6.31. The summed E-state index contributed by atoms with van der Waals surface area (Å²) in [6.07, 6.45) is 4.76. The molecule has 1 fully saturated rings. The number of hydrogen-bond donors (Lipinski definition) is 3. The number of benzene rings is 1. The molecule has 0 radical (unpaired) electrons. The molecule has 0 bridgehead atoms. The van der Waals surface area contributed by atoms with Gasteiger partial charge in [-0.05, 0) is 31.0 Å². The van der Waals surface area contributed by atoms with Crippen LogP contribution in [0.2, 0.25) is 5.02 Å². The zero-order chi connectivity index (χ0) is 17.0. The van der Waals surface area contributed by atoms with Crippen molar-refractivity contribution in [1.29, 1.82) is 0 Å². The second-order valence-corrected chi connectivity index (χ2v) is 6.10. The van der Waals surface area contributed by atoms with Gasteiger partial charge in [-0.2, -0.15) is 0 Å². The number of nitrogens with zero attached hydrogens (tertiary/aromatic N) is 1. The van der Waals surface area contributed by atoms with Gasteiger partial charge in [0, 0.05) is 27.9 Å². The molecule has 0 aromatic heterocycles. The van der Waals surface area contributed by atoms with Crippen LogP contribution in [0.1, 0.15) is 37.7 Å². The van der Waals surface area contributed by atoms with Crippen LogP contribution >= 0.6 is 11.6 Å². The van der Waals surface area contributed by atoms with Crippen molar-refractivity contribution in [3.63, 3.8) is 0 Å². The number of nitrogens with two attached hydrogens (primary N) is 1. The van der Waals surface area contributed by atoms with E-state index in [0.717, 1.165) is 32.1 Å². The first-order valence-electron chi connectivity index (χ1n) is 7.49. The highest BCUT2D eigenvalue weighted by atomic mass is 35.5. The fraction of sp³-hybridized carbons (Fsp3) is 0.438. The van der Waals surface area contributed by atoms with Crippen molar-refractivity contribution >= 4 is 34.9 Å². The number of hydrogen-bond acceptors (Lipinski definition) is 4. The maximum absolute atomic E-state index is 11.2. The van der Waals surface area contributed by atoms with Crippen molar-refractivity contribution in [2.75, 3.05) is 5.73 Å². The van der Waals surface area contributed by atoms with E-state index in [9.17, 15) is 9.59 Å². The van der Waals surface area contributed by atoms with E-state index in [0.29, 0.717) is 22.0 Å². The zero-order valence-electron chi connectivity index (χ0n) is 12.5. The van der Waals surface area contributed by atoms with Crippen LogP contribution in [0.4, 0.5) is 5.69 Å². The highest BCUT2D eigenvalue weighted by Gasteiger charge is 2.29. The van der Waals surface area contributed by atoms with Crippen molar-refractivity contribution < 1.29 is 19.8 Å². The molecule has 1 aliphatic carbocycles. The largest absolute Gasteiger partial charge is 0.479 e. The number of rotatable bonds is 5. The SMILES string of the molecule is Nc1ccc(Cl)cc1C(=NC(C(=O)O)C(=O)O)C1CCCCC1. The Bertz CT molecular complexity index is 625. The molecule has 1 aromatic carbocycles. The number of carbonyl (C=O) groups is 2. The van der Waals surface area contributed by atoms with Crippen LogP contribution < -0.4 is 5.73 Å². The van der Waals surface area contributed by atoms with Gasteiger partial charge in [0.15, 0.2) is 0 Å². The quantitative estimate of drug-likeness (QED) is 0.434. The first-order valence-corrected chi connectivity index (χ1v) is 7.86. The topological polar surface area (TPSA) is 113 Å². The molecule has 7 heteroatoms. The van der Waals surface area contributed by atoms with E-state index in [1.54, 1.807) is 18.2 Å². The molecule has 124 valence electrons. The third-order valence-corrected chi connectivity index (χ3v) is 4.25. The van der Waals surface area contributed by atoms with Crippen LogP contribution in [-0.4, -0.2) is 33.9 Å². The summed E-state index contributed by atoms with van der Waals surface area (Å²) < 4.78 is 0. The summed E-state index contributed by atoms with van der Waals surface area (Å²) in [5.41, 5.74) is 7.36. The van der Waals surface area contributed by atoms with E-state index in [-0.39, 0.29) is 5.92 Å². The minimum absolute atomic E-state index is 0.00860. The summed E-state index contributed by atoms with van der Waals surface area (Å²) in [4.78, 5) is 26.4. The van der Waals surface area contributed by atoms with Gasteiger partial charge in [0.05, 0.1) is 0 Å². The van der Waals surface area contributed by atoms with Crippen LogP contribution in [0, 0.1) is 5.92 Å². The van der Waals surface area contributed by atoms with Crippen molar-refractivity contribution in [3.05, 3.63) is 28.8 Å². The van der Waals surface area contributed by atoms with Crippen LogP contribution in [0.3, 0.4) is 0 Å². The lowest BCUT2D eigenvalue weighted by atomic mass is 9.82. The molecular weight excluding hydrogens is 320 g/mol. The molecule has 1 aliphatic rings. The third kappa shape index (κ3) is 4.22. The van der Waals surface area contributed by atoms with Gasteiger partial charge in [-0.1, -0.05) is 30.9 Å². The van der Waals surface area contributed by atoms with Crippen LogP contribution in [0.15, 0.2) is 23.2 Å². The Morgan fingerprint density at radius 2 is 1.78 bits per heavy atom. The standard InChI is InChI=1S/C16H19ClN2O4/c17-10-6-7-12(18)11(8-10)13(9-4-2-1-3-5-9)19-14(15(20)21)16(22)23/h6-9,14H,1-5,18H2,(H,20,21)(H,22,23). The lowest BCUT2D eigenvalue weighted by molar-refractivity contribution is -0.149. The summed E-state index contributed by atoms with van der Waals surface area (Å²) >= 11 is 6.02. The van der Waals surface area contributed by atoms with E-state index in [4.69, 9.17) is 27.5 Å². The number of nitrogen functional groups attached to an aromatic ring is 1. The molecule has 1 saturated carbocycles. The molecule has 0 heterocycles. The maximum atomic E-state index is 11.2. The van der Waals surface area contributed by atoms with E-state index >= 15 is 0 Å². The summed E-state index contributed by atoms with van der Waals surface area (Å²) in [5, 5.41) is 18.7. The van der Waals surface area contributed by atoms with Crippen LogP contribution in [-0.2, 0) is 9.59 Å². The summed E-state index contributed by atoms with van der Waals surface area (Å²) in [6, 6.07) is 3.02. The van der Waals surface area contributed by atoms with E-state index in [1.165, 1.54) is 0 Å². The number of anilines is 1. The molecule has 0 spiro atoms. The van der Waals surface area contributed by atoms with Gasteiger partial charge in [-0.25, -0.2) is 9.59 Å². The number of halogens is 1. The molecule has 4 N–H and O–H groups in total. The maximum Gasteiger partial charge on any atom is 0.340 e. The fourth-order valence-corrected chi connectivity index (χ4v) is 3.05. The number of carboxylic acids is 2. The van der Waals surface area contributed by atoms with Crippen LogP contribution in [0.25, 0.3) is 0 Å². The molecule has 6 nitrogen and oxygen atoms in total. The summed E-state index contributed by atoms with van der Waals surface area (Å²) in [6.45, 7) is 0. The lowest BCUT2D eigenvalue weighted by Crippen LogP contribution is -2.31. The van der Waals surface area contributed by atoms with Gasteiger partial charge in [-0.3, -0.25) is 4.99 Å². The van der Waals surface area contributed by atoms with Gasteiger partial charge in [0.2, 0.25) is 6.04 Å². The Morgan fingerprint density at radius 3 is 2.35 bits per heavy atom. The van der Waals surface area contributed by atoms with Gasteiger partial charge in [0.25, 0.3) is 0 Å². The molecule has 0 atom stereocenters. The van der Waals surface area contributed by atoms with Gasteiger partial charge in [-0.15, -0.1) is 0 Å². The minimum atomic E-state index is -1.84. The Morgan fingerprint density at radius 1 is 1.17 bits per heavy atom. The molecule has 0 aliphatic heterocycles. The van der Waals surface area contributed by atoms with Crippen molar-refractivity contribution in [3.8, 4) is 0 Å². The van der Waals surface area contributed by atoms with Crippen molar-refractivity contribution in [1.82, 2.24) is 0 Å². The molecule has 0 unspecified atom stereocenters. The molecular formula is C16H19ClN2O4. The third-order valence-electron chi connectivity index (χ3n) is 4.02. The van der Waals surface area contributed by atoms with Gasteiger partial charge < -0.3 is 15.9 Å². The normalized spacial score (nSPS) is 16.5. The fourth-order valence-electron chi connectivity index (χ4n) is 2.88. The first-order chi connectivity index (χ1) is 10.9. The molecule has 23 heavy (non-hydrogen) atoms. The average molecular weight is 339 g/mol. The first kappa shape index (κ1) is 17.3. The second-order valence-electron chi connectivity index (χ2n) is 5.66. The van der Waals surface area contributed by atoms with Gasteiger partial charge >= 0.3 is 11.9 Å². The molecule has 0 amide bonds. The number of carboxylic acid groups (broad SMARTS) is 2. The zero-order valence-corrected chi connectivity index (χ0v) is 13.3. The Labute approximate surface area is 139 Å². The number of aliphatic imine (C=N–C) groups is 1. The van der Waals surface area contributed by atoms with E-state index in [2.05, 4.69) is 4.99 Å². The van der Waals surface area contributed by atoms with E-state index < -0.39 is 18.0 Å². The number of aliphatic carboxylic acids is 2. The second kappa shape index (κ2) is 7.46. The van der Waals surface area contributed by atoms with Crippen molar-refractivity contribution in [2.45, 2.75) is 38.1 Å². The molecule has 1 aromatic rings. The van der Waals surface area contributed by atoms with Crippen LogP contribution in [0.5, 0.6) is 0 Å². The minimum Gasteiger partial charge on any atom is -0.479 e. The monoisotopic (exact) mass is 338 g/mol. The smallest absolute Gasteiger partial charge is 0.340 e. The average Bonchev–Trinajstić information content (AvgIpc) is 2.51. The Kier molecular flexibility index (Phi) is 5.60. The lowest BCUT2D eigenvalue weighted by Gasteiger charge is -2.25. The highest BCUT2D eigenvalue weighted by Crippen LogP contribution is 2.31. The molecule has 2 rings (SSSR count). The Balaban J connectivity index is 2.52. The van der Waals surface area contributed by atoms with Crippen molar-refractivity contribution in [2.24, 2.45) is 10.9 Å². The van der Waals surface area contributed by atoms with Gasteiger partial charge in [0.1, 0.15) is 0 Å². The van der Waals surface area contributed by atoms with E-state index in [1.807, 2.05) is 0 Å². The summed E-state index contributed by atoms with van der Waals surface area (Å²) in [5.74, 6) is -3.00. The Hall–Kier alpha value is -2.08. The summed E-state index contributed by atoms with van der Waals surface area (Å²) in [7, 11) is 0.